The Morgan fingerprint density at radius 3 is 2.79 bits per heavy atom. The first-order valence-corrected chi connectivity index (χ1v) is 9.79. The molecule has 0 bridgehead atoms. The fourth-order valence-electron chi connectivity index (χ4n) is 2.52. The van der Waals surface area contributed by atoms with E-state index in [0.717, 1.165) is 11.5 Å². The Labute approximate surface area is 142 Å². The second-order valence-electron chi connectivity index (χ2n) is 5.83. The molecule has 9 heteroatoms. The zero-order valence-corrected chi connectivity index (χ0v) is 15.1. The molecule has 0 aliphatic carbocycles. The monoisotopic (exact) mass is 359 g/mol. The maximum absolute atomic E-state index is 12.3. The number of sulfonamides is 1. The molecule has 1 saturated heterocycles. The number of carbonyl (C=O) groups is 1. The molecule has 1 aromatic heterocycles. The van der Waals surface area contributed by atoms with Gasteiger partial charge in [0.15, 0.2) is 0 Å². The van der Waals surface area contributed by atoms with Crippen molar-refractivity contribution in [2.75, 3.05) is 39.0 Å². The summed E-state index contributed by atoms with van der Waals surface area (Å²) in [6.07, 6.45) is 0.833. The summed E-state index contributed by atoms with van der Waals surface area (Å²) >= 11 is 0. The van der Waals surface area contributed by atoms with E-state index in [1.165, 1.54) is 10.6 Å². The summed E-state index contributed by atoms with van der Waals surface area (Å²) in [4.78, 5) is 13.9. The van der Waals surface area contributed by atoms with Crippen molar-refractivity contribution in [1.82, 2.24) is 14.5 Å². The third-order valence-corrected chi connectivity index (χ3v) is 5.13. The Morgan fingerprint density at radius 2 is 2.21 bits per heavy atom. The van der Waals surface area contributed by atoms with Gasteiger partial charge in [-0.2, -0.15) is 4.31 Å². The van der Waals surface area contributed by atoms with Crippen molar-refractivity contribution < 1.29 is 22.4 Å². The third-order valence-electron chi connectivity index (χ3n) is 3.86. The lowest BCUT2D eigenvalue weighted by atomic mass is 10.3. The number of carbonyl (C=O) groups excluding carboxylic acids is 1. The maximum Gasteiger partial charge on any atom is 0.317 e. The molecule has 2 amide bonds. The molecule has 1 atom stereocenters. The summed E-state index contributed by atoms with van der Waals surface area (Å²) in [6.45, 7) is 5.86. The predicted octanol–water partition coefficient (Wildman–Crippen LogP) is 0.780. The lowest BCUT2D eigenvalue weighted by molar-refractivity contribution is 0.000859. The highest BCUT2D eigenvalue weighted by Crippen LogP contribution is 2.11. The molecule has 2 heterocycles. The fraction of sp³-hybridized carbons (Fsp3) is 0.667. The Kier molecular flexibility index (Phi) is 6.25. The molecule has 1 N–H and O–H groups in total. The average molecular weight is 359 g/mol. The highest BCUT2D eigenvalue weighted by Gasteiger charge is 2.27. The van der Waals surface area contributed by atoms with Crippen LogP contribution in [-0.4, -0.2) is 68.8 Å². The number of rotatable bonds is 6. The quantitative estimate of drug-likeness (QED) is 0.810. The van der Waals surface area contributed by atoms with E-state index in [1.54, 1.807) is 4.90 Å². The number of urea groups is 1. The Balaban J connectivity index is 1.84. The van der Waals surface area contributed by atoms with Crippen LogP contribution < -0.4 is 5.32 Å². The normalized spacial score (nSPS) is 19.2. The smallest absolute Gasteiger partial charge is 0.317 e. The first-order valence-electron chi connectivity index (χ1n) is 7.94. The van der Waals surface area contributed by atoms with Gasteiger partial charge in [-0.05, 0) is 26.0 Å². The van der Waals surface area contributed by atoms with Gasteiger partial charge in [0.1, 0.15) is 11.5 Å². The maximum atomic E-state index is 12.3. The van der Waals surface area contributed by atoms with Crippen LogP contribution in [0.2, 0.25) is 0 Å². The number of furan rings is 1. The van der Waals surface area contributed by atoms with E-state index in [0.29, 0.717) is 26.2 Å². The molecule has 24 heavy (non-hydrogen) atoms. The molecule has 0 radical (unpaired) electrons. The van der Waals surface area contributed by atoms with Gasteiger partial charge in [0.25, 0.3) is 0 Å². The minimum absolute atomic E-state index is 0.230. The van der Waals surface area contributed by atoms with Crippen molar-refractivity contribution in [3.05, 3.63) is 23.7 Å². The number of morpholine rings is 1. The van der Waals surface area contributed by atoms with Gasteiger partial charge in [0.2, 0.25) is 10.0 Å². The van der Waals surface area contributed by atoms with Crippen LogP contribution in [0, 0.1) is 6.92 Å². The summed E-state index contributed by atoms with van der Waals surface area (Å²) in [6, 6.07) is 3.47. The van der Waals surface area contributed by atoms with E-state index in [-0.39, 0.29) is 25.2 Å². The van der Waals surface area contributed by atoms with Crippen LogP contribution in [-0.2, 0) is 21.3 Å². The van der Waals surface area contributed by atoms with Crippen molar-refractivity contribution >= 4 is 16.1 Å². The molecule has 1 aromatic rings. The van der Waals surface area contributed by atoms with Gasteiger partial charge in [-0.15, -0.1) is 0 Å². The van der Waals surface area contributed by atoms with E-state index in [4.69, 9.17) is 9.15 Å². The molecular formula is C15H25N3O5S. The van der Waals surface area contributed by atoms with E-state index in [2.05, 4.69) is 5.32 Å². The molecule has 0 saturated carbocycles. The summed E-state index contributed by atoms with van der Waals surface area (Å²) in [5.74, 6) is 1.53. The Bertz CT molecular complexity index is 658. The lowest BCUT2D eigenvalue weighted by Gasteiger charge is -2.31. The molecule has 1 fully saturated rings. The molecule has 136 valence electrons. The summed E-state index contributed by atoms with van der Waals surface area (Å²) < 4.78 is 35.6. The van der Waals surface area contributed by atoms with E-state index >= 15 is 0 Å². The zero-order valence-electron chi connectivity index (χ0n) is 14.3. The van der Waals surface area contributed by atoms with Crippen molar-refractivity contribution in [1.29, 1.82) is 0 Å². The van der Waals surface area contributed by atoms with Crippen molar-refractivity contribution in [2.45, 2.75) is 26.5 Å². The van der Waals surface area contributed by atoms with Crippen LogP contribution in [0.1, 0.15) is 18.4 Å². The van der Waals surface area contributed by atoms with E-state index < -0.39 is 10.0 Å². The third kappa shape index (κ3) is 5.22. The second-order valence-corrected chi connectivity index (χ2v) is 7.81. The van der Waals surface area contributed by atoms with Crippen molar-refractivity contribution in [3.63, 3.8) is 0 Å². The van der Waals surface area contributed by atoms with Gasteiger partial charge in [-0.25, -0.2) is 13.2 Å². The molecule has 1 aliphatic rings. The van der Waals surface area contributed by atoms with Gasteiger partial charge in [0, 0.05) is 26.2 Å². The van der Waals surface area contributed by atoms with Crippen LogP contribution in [0.5, 0.6) is 0 Å². The SMILES string of the molecule is CCN(Cc1ccc(C)o1)C(=O)NC[C@@H]1CN(S(C)(=O)=O)CCO1. The topological polar surface area (TPSA) is 92.1 Å². The number of aryl methyl sites for hydroxylation is 1. The number of nitrogens with one attached hydrogen (secondary N) is 1. The highest BCUT2D eigenvalue weighted by atomic mass is 32.2. The van der Waals surface area contributed by atoms with Gasteiger partial charge in [0.05, 0.1) is 25.5 Å². The number of nitrogens with zero attached hydrogens (tertiary/aromatic N) is 2. The molecule has 1 aliphatic heterocycles. The number of hydrogen-bond acceptors (Lipinski definition) is 5. The molecule has 0 spiro atoms. The standard InChI is InChI=1S/C15H25N3O5S/c1-4-17(10-13-6-5-12(2)23-13)15(19)16-9-14-11-18(7-8-22-14)24(3,20)21/h5-6,14H,4,7-11H2,1-3H3,(H,16,19)/t14-/m1/s1. The molecule has 2 rings (SSSR count). The number of amides is 2. The highest BCUT2D eigenvalue weighted by molar-refractivity contribution is 7.88. The van der Waals surface area contributed by atoms with Gasteiger partial charge >= 0.3 is 6.03 Å². The van der Waals surface area contributed by atoms with Crippen LogP contribution in [0.15, 0.2) is 16.5 Å². The number of hydrogen-bond donors (Lipinski definition) is 1. The summed E-state index contributed by atoms with van der Waals surface area (Å²) in [5, 5.41) is 2.80. The second kappa shape index (κ2) is 8.00. The molecular weight excluding hydrogens is 334 g/mol. The van der Waals surface area contributed by atoms with Crippen LogP contribution in [0.3, 0.4) is 0 Å². The number of ether oxygens (including phenoxy) is 1. The van der Waals surface area contributed by atoms with Crippen molar-refractivity contribution in [3.8, 4) is 0 Å². The summed E-state index contributed by atoms with van der Waals surface area (Å²) in [5.41, 5.74) is 0. The lowest BCUT2D eigenvalue weighted by Crippen LogP contribution is -2.50. The predicted molar refractivity (Wildman–Crippen MR) is 89.1 cm³/mol. The Hall–Kier alpha value is -1.58. The Morgan fingerprint density at radius 1 is 1.46 bits per heavy atom. The zero-order chi connectivity index (χ0) is 17.7. The molecule has 8 nitrogen and oxygen atoms in total. The van der Waals surface area contributed by atoms with Crippen LogP contribution >= 0.6 is 0 Å². The van der Waals surface area contributed by atoms with Crippen LogP contribution in [0.4, 0.5) is 4.79 Å². The average Bonchev–Trinajstić information content (AvgIpc) is 2.95. The van der Waals surface area contributed by atoms with Gasteiger partial charge in [-0.1, -0.05) is 0 Å². The van der Waals surface area contributed by atoms with Gasteiger partial charge in [-0.3, -0.25) is 0 Å². The van der Waals surface area contributed by atoms with E-state index in [1.807, 2.05) is 26.0 Å². The van der Waals surface area contributed by atoms with Gasteiger partial charge < -0.3 is 19.4 Å². The molecule has 0 aromatic carbocycles. The minimum Gasteiger partial charge on any atom is -0.464 e. The van der Waals surface area contributed by atoms with Crippen molar-refractivity contribution in [2.24, 2.45) is 0 Å². The largest absolute Gasteiger partial charge is 0.464 e. The first kappa shape index (κ1) is 18.8. The summed E-state index contributed by atoms with van der Waals surface area (Å²) in [7, 11) is -3.24. The molecule has 0 unspecified atom stereocenters. The minimum atomic E-state index is -3.24. The van der Waals surface area contributed by atoms with E-state index in [9.17, 15) is 13.2 Å². The van der Waals surface area contributed by atoms with Crippen LogP contribution in [0.25, 0.3) is 0 Å². The first-order chi connectivity index (χ1) is 11.3. The fourth-order valence-corrected chi connectivity index (χ4v) is 3.36.